The first-order chi connectivity index (χ1) is 12.7. The van der Waals surface area contributed by atoms with E-state index < -0.39 is 0 Å². The van der Waals surface area contributed by atoms with Crippen LogP contribution in [0.15, 0.2) is 24.3 Å². The van der Waals surface area contributed by atoms with Gasteiger partial charge in [-0.2, -0.15) is 16.9 Å². The van der Waals surface area contributed by atoms with Crippen molar-refractivity contribution in [3.63, 3.8) is 0 Å². The van der Waals surface area contributed by atoms with Crippen LogP contribution in [0.2, 0.25) is 0 Å². The first-order valence-electron chi connectivity index (χ1n) is 8.77. The van der Waals surface area contributed by atoms with E-state index >= 15 is 0 Å². The van der Waals surface area contributed by atoms with Crippen molar-refractivity contribution in [1.29, 1.82) is 0 Å². The second-order valence-corrected chi connectivity index (χ2v) is 7.62. The van der Waals surface area contributed by atoms with Crippen molar-refractivity contribution in [2.45, 2.75) is 13.0 Å². The number of anilines is 1. The molecule has 7 nitrogen and oxygen atoms in total. The summed E-state index contributed by atoms with van der Waals surface area (Å²) in [5.41, 5.74) is 3.55. The van der Waals surface area contributed by atoms with Gasteiger partial charge >= 0.3 is 0 Å². The molecule has 2 aromatic rings. The van der Waals surface area contributed by atoms with Crippen LogP contribution >= 0.6 is 24.2 Å². The summed E-state index contributed by atoms with van der Waals surface area (Å²) in [6.45, 7) is 3.06. The lowest BCUT2D eigenvalue weighted by Gasteiger charge is -2.26. The Kier molecular flexibility index (Phi) is 6.41. The molecule has 9 heteroatoms. The van der Waals surface area contributed by atoms with Crippen LogP contribution in [-0.2, 0) is 13.0 Å². The van der Waals surface area contributed by atoms with Gasteiger partial charge in [-0.25, -0.2) is 0 Å². The molecule has 2 amide bonds. The zero-order chi connectivity index (χ0) is 17.9. The molecule has 0 bridgehead atoms. The van der Waals surface area contributed by atoms with E-state index in [1.54, 1.807) is 24.3 Å². The van der Waals surface area contributed by atoms with Crippen molar-refractivity contribution in [2.75, 3.05) is 36.5 Å². The molecule has 4 rings (SSSR count). The lowest BCUT2D eigenvalue weighted by Crippen LogP contribution is -2.37. The van der Waals surface area contributed by atoms with Gasteiger partial charge in [0.1, 0.15) is 0 Å². The van der Waals surface area contributed by atoms with Crippen molar-refractivity contribution in [3.05, 3.63) is 46.8 Å². The Morgan fingerprint density at radius 2 is 2.04 bits per heavy atom. The highest BCUT2D eigenvalue weighted by atomic mass is 35.5. The van der Waals surface area contributed by atoms with Crippen LogP contribution in [0.3, 0.4) is 0 Å². The lowest BCUT2D eigenvalue weighted by molar-refractivity contribution is 0.0772. The SMILES string of the molecule is Cl.O=C(Nc1cccc(C(=O)N2CCSCC2)c1)c1n[nH]c2c1CNCC2. The third-order valence-corrected chi connectivity index (χ3v) is 5.63. The number of halogens is 1. The van der Waals surface area contributed by atoms with Gasteiger partial charge in [0.15, 0.2) is 5.69 Å². The van der Waals surface area contributed by atoms with Gasteiger partial charge in [0.05, 0.1) is 0 Å². The van der Waals surface area contributed by atoms with Gasteiger partial charge in [-0.15, -0.1) is 12.4 Å². The van der Waals surface area contributed by atoms with Crippen molar-refractivity contribution in [2.24, 2.45) is 0 Å². The molecule has 3 heterocycles. The predicted octanol–water partition coefficient (Wildman–Crippen LogP) is 1.92. The number of thioether (sulfide) groups is 1. The number of nitrogens with zero attached hydrogens (tertiary/aromatic N) is 2. The molecule has 1 fully saturated rings. The third-order valence-electron chi connectivity index (χ3n) is 4.69. The lowest BCUT2D eigenvalue weighted by atomic mass is 10.1. The third kappa shape index (κ3) is 4.28. The van der Waals surface area contributed by atoms with E-state index in [2.05, 4.69) is 20.8 Å². The first-order valence-corrected chi connectivity index (χ1v) is 9.93. The average Bonchev–Trinajstić information content (AvgIpc) is 3.12. The molecule has 1 aromatic carbocycles. The van der Waals surface area contributed by atoms with Crippen LogP contribution in [0.1, 0.15) is 32.1 Å². The monoisotopic (exact) mass is 407 g/mol. The molecule has 0 atom stereocenters. The molecule has 0 saturated carbocycles. The number of carbonyl (C=O) groups is 2. The Hall–Kier alpha value is -2.03. The summed E-state index contributed by atoms with van der Waals surface area (Å²) in [6.07, 6.45) is 0.841. The molecule has 1 saturated heterocycles. The summed E-state index contributed by atoms with van der Waals surface area (Å²) in [5.74, 6) is 1.70. The molecule has 0 unspecified atom stereocenters. The van der Waals surface area contributed by atoms with Crippen LogP contribution in [-0.4, -0.2) is 58.1 Å². The normalized spacial score (nSPS) is 16.2. The Morgan fingerprint density at radius 3 is 2.85 bits per heavy atom. The number of carbonyl (C=O) groups excluding carboxylic acids is 2. The summed E-state index contributed by atoms with van der Waals surface area (Å²) >= 11 is 1.87. The van der Waals surface area contributed by atoms with Crippen molar-refractivity contribution in [1.82, 2.24) is 20.4 Å². The maximum Gasteiger partial charge on any atom is 0.276 e. The van der Waals surface area contributed by atoms with Crippen molar-refractivity contribution < 1.29 is 9.59 Å². The van der Waals surface area contributed by atoms with Crippen LogP contribution in [0, 0.1) is 0 Å². The highest BCUT2D eigenvalue weighted by Crippen LogP contribution is 2.19. The number of amides is 2. The minimum Gasteiger partial charge on any atom is -0.337 e. The minimum absolute atomic E-state index is 0. The number of H-pyrrole nitrogens is 1. The number of aromatic nitrogens is 2. The summed E-state index contributed by atoms with van der Waals surface area (Å²) in [4.78, 5) is 27.1. The maximum absolute atomic E-state index is 12.6. The fourth-order valence-corrected chi connectivity index (χ4v) is 4.19. The summed E-state index contributed by atoms with van der Waals surface area (Å²) in [5, 5.41) is 13.2. The molecular weight excluding hydrogens is 386 g/mol. The molecule has 1 aromatic heterocycles. The zero-order valence-corrected chi connectivity index (χ0v) is 16.4. The van der Waals surface area contributed by atoms with Gasteiger partial charge in [0.2, 0.25) is 0 Å². The molecule has 2 aliphatic rings. The van der Waals surface area contributed by atoms with E-state index in [4.69, 9.17) is 0 Å². The number of aromatic amines is 1. The number of fused-ring (bicyclic) bond motifs is 1. The average molecular weight is 408 g/mol. The molecule has 3 N–H and O–H groups in total. The van der Waals surface area contributed by atoms with Gasteiger partial charge in [-0.05, 0) is 18.2 Å². The highest BCUT2D eigenvalue weighted by Gasteiger charge is 2.22. The van der Waals surface area contributed by atoms with E-state index in [0.717, 1.165) is 48.8 Å². The highest BCUT2D eigenvalue weighted by molar-refractivity contribution is 7.99. The second-order valence-electron chi connectivity index (χ2n) is 6.40. The number of hydrogen-bond acceptors (Lipinski definition) is 5. The molecule has 0 spiro atoms. The number of nitrogens with one attached hydrogen (secondary N) is 3. The zero-order valence-electron chi connectivity index (χ0n) is 14.8. The van der Waals surface area contributed by atoms with Gasteiger partial charge in [-0.1, -0.05) is 6.07 Å². The smallest absolute Gasteiger partial charge is 0.276 e. The van der Waals surface area contributed by atoms with Crippen molar-refractivity contribution in [3.8, 4) is 0 Å². The Balaban J connectivity index is 0.00000210. The summed E-state index contributed by atoms with van der Waals surface area (Å²) in [6, 6.07) is 7.11. The van der Waals surface area contributed by atoms with Gasteiger partial charge in [-0.3, -0.25) is 14.7 Å². The van der Waals surface area contributed by atoms with Crippen LogP contribution in [0.4, 0.5) is 5.69 Å². The summed E-state index contributed by atoms with van der Waals surface area (Å²) in [7, 11) is 0. The maximum atomic E-state index is 12.6. The number of hydrogen-bond donors (Lipinski definition) is 3. The topological polar surface area (TPSA) is 90.1 Å². The Morgan fingerprint density at radius 1 is 1.22 bits per heavy atom. The number of rotatable bonds is 3. The van der Waals surface area contributed by atoms with Crippen LogP contribution in [0.5, 0.6) is 0 Å². The van der Waals surface area contributed by atoms with Crippen LogP contribution < -0.4 is 10.6 Å². The predicted molar refractivity (Wildman–Crippen MR) is 109 cm³/mol. The Labute approximate surface area is 168 Å². The molecule has 0 aliphatic carbocycles. The minimum atomic E-state index is -0.259. The van der Waals surface area contributed by atoms with Gasteiger partial charge < -0.3 is 15.5 Å². The van der Waals surface area contributed by atoms with E-state index in [0.29, 0.717) is 23.5 Å². The Bertz CT molecular complexity index is 835. The first kappa shape index (κ1) is 19.7. The van der Waals surface area contributed by atoms with Crippen molar-refractivity contribution >= 4 is 41.7 Å². The molecule has 0 radical (unpaired) electrons. The standard InChI is InChI=1S/C18H21N5O2S.ClH/c24-17(16-14-11-19-5-4-15(14)21-22-16)20-13-3-1-2-12(10-13)18(25)23-6-8-26-9-7-23;/h1-3,10,19H,4-9,11H2,(H,20,24)(H,21,22);1H. The van der Waals surface area contributed by atoms with Crippen LogP contribution in [0.25, 0.3) is 0 Å². The summed E-state index contributed by atoms with van der Waals surface area (Å²) < 4.78 is 0. The largest absolute Gasteiger partial charge is 0.337 e. The molecule has 27 heavy (non-hydrogen) atoms. The fraction of sp³-hybridized carbons (Fsp3) is 0.389. The molecule has 144 valence electrons. The quantitative estimate of drug-likeness (QED) is 0.723. The fourth-order valence-electron chi connectivity index (χ4n) is 3.28. The van der Waals surface area contributed by atoms with E-state index in [-0.39, 0.29) is 24.2 Å². The van der Waals surface area contributed by atoms with E-state index in [1.807, 2.05) is 16.7 Å². The van der Waals surface area contributed by atoms with E-state index in [9.17, 15) is 9.59 Å². The second kappa shape index (κ2) is 8.77. The number of benzene rings is 1. The van der Waals surface area contributed by atoms with Gasteiger partial charge in [0, 0.05) is 66.6 Å². The van der Waals surface area contributed by atoms with E-state index in [1.165, 1.54) is 0 Å². The van der Waals surface area contributed by atoms with Gasteiger partial charge in [0.25, 0.3) is 11.8 Å². The molecule has 2 aliphatic heterocycles. The molecular formula is C18H22ClN5O2S.